The zero-order valence-corrected chi connectivity index (χ0v) is 34.8. The maximum Gasteiger partial charge on any atom is 0.410 e. The Morgan fingerprint density at radius 1 is 0.932 bits per heavy atom. The van der Waals surface area contributed by atoms with Crippen LogP contribution in [0.2, 0.25) is 0 Å². The summed E-state index contributed by atoms with van der Waals surface area (Å²) in [5, 5.41) is 24.6. The van der Waals surface area contributed by atoms with Crippen molar-refractivity contribution in [1.82, 2.24) is 4.90 Å². The summed E-state index contributed by atoms with van der Waals surface area (Å²) in [5.74, 6) is 0.332. The fourth-order valence-electron chi connectivity index (χ4n) is 9.26. The minimum atomic E-state index is -1.35. The number of hydrogen-bond acceptors (Lipinski definition) is 9. The van der Waals surface area contributed by atoms with Gasteiger partial charge in [0, 0.05) is 37.7 Å². The molecule has 0 aromatic heterocycles. The number of carbonyl (C=O) groups excluding carboxylic acids is 1. The van der Waals surface area contributed by atoms with Gasteiger partial charge in [0.25, 0.3) is 0 Å². The van der Waals surface area contributed by atoms with Crippen molar-refractivity contribution >= 4 is 11.8 Å². The number of amides is 1. The molecule has 3 aromatic rings. The van der Waals surface area contributed by atoms with Gasteiger partial charge in [-0.25, -0.2) is 4.79 Å². The Kier molecular flexibility index (Phi) is 15.8. The van der Waals surface area contributed by atoms with Crippen molar-refractivity contribution in [1.29, 1.82) is 0 Å². The Morgan fingerprint density at radius 3 is 2.36 bits per heavy atom. The van der Waals surface area contributed by atoms with Gasteiger partial charge < -0.3 is 34.0 Å². The number of allylic oxidation sites excluding steroid dienone is 1. The second-order valence-corrected chi connectivity index (χ2v) is 15.6. The molecule has 316 valence electrons. The average Bonchev–Trinajstić information content (AvgIpc) is 3.26. The molecular formula is C49H62N2O8. The molecule has 1 heterocycles. The number of oxime groups is 1. The summed E-state index contributed by atoms with van der Waals surface area (Å²) in [6, 6.07) is 23.7. The molecule has 3 aliphatic rings. The number of unbranched alkanes of at least 4 members (excludes halogenated alkanes) is 2. The smallest absolute Gasteiger partial charge is 0.410 e. The third-order valence-electron chi connectivity index (χ3n) is 11.8. The second kappa shape index (κ2) is 21.4. The van der Waals surface area contributed by atoms with E-state index in [0.717, 1.165) is 53.7 Å². The van der Waals surface area contributed by atoms with E-state index >= 15 is 0 Å². The molecule has 10 heteroatoms. The van der Waals surface area contributed by atoms with Gasteiger partial charge in [-0.1, -0.05) is 85.6 Å². The highest BCUT2D eigenvalue weighted by molar-refractivity contribution is 6.03. The van der Waals surface area contributed by atoms with Gasteiger partial charge in [-0.3, -0.25) is 4.90 Å². The van der Waals surface area contributed by atoms with Crippen LogP contribution in [-0.2, 0) is 14.3 Å². The molecule has 6 rings (SSSR count). The molecule has 6 atom stereocenters. The summed E-state index contributed by atoms with van der Waals surface area (Å²) in [7, 11) is 0. The highest BCUT2D eigenvalue weighted by Gasteiger charge is 2.65. The normalized spacial score (nSPS) is 23.6. The lowest BCUT2D eigenvalue weighted by molar-refractivity contribution is -0.255. The Labute approximate surface area is 350 Å². The molecule has 6 unspecified atom stereocenters. The number of fused-ring (bicyclic) bond motifs is 2. The summed E-state index contributed by atoms with van der Waals surface area (Å²) < 4.78 is 26.8. The summed E-state index contributed by atoms with van der Waals surface area (Å²) in [6.45, 7) is 13.2. The Bertz CT molecular complexity index is 1900. The van der Waals surface area contributed by atoms with Crippen molar-refractivity contribution in [2.75, 3.05) is 39.6 Å². The Hall–Kier alpha value is -4.90. The highest BCUT2D eigenvalue weighted by atomic mass is 16.7. The number of benzene rings is 3. The van der Waals surface area contributed by atoms with Crippen LogP contribution < -0.4 is 9.47 Å². The highest BCUT2D eigenvalue weighted by Crippen LogP contribution is 2.62. The largest absolute Gasteiger partial charge is 0.459 e. The van der Waals surface area contributed by atoms with Gasteiger partial charge in [0.05, 0.1) is 24.8 Å². The topological polar surface area (TPSA) is 119 Å². The van der Waals surface area contributed by atoms with E-state index in [-0.39, 0.29) is 44.2 Å². The van der Waals surface area contributed by atoms with Crippen LogP contribution >= 0.6 is 0 Å². The first-order chi connectivity index (χ1) is 28.9. The molecule has 1 fully saturated rings. The average molecular weight is 807 g/mol. The molecule has 1 amide bonds. The summed E-state index contributed by atoms with van der Waals surface area (Å²) in [6.07, 6.45) is 11.6. The van der Waals surface area contributed by atoms with Crippen LogP contribution in [0.3, 0.4) is 0 Å². The van der Waals surface area contributed by atoms with E-state index in [1.54, 1.807) is 17.1 Å². The van der Waals surface area contributed by atoms with Crippen LogP contribution in [0.25, 0.3) is 11.1 Å². The zero-order valence-electron chi connectivity index (χ0n) is 34.8. The van der Waals surface area contributed by atoms with Crippen LogP contribution in [0.4, 0.5) is 4.79 Å². The third kappa shape index (κ3) is 9.94. The van der Waals surface area contributed by atoms with Gasteiger partial charge in [-0.05, 0) is 104 Å². The van der Waals surface area contributed by atoms with Crippen LogP contribution in [0.15, 0.2) is 115 Å². The molecule has 1 aliphatic heterocycles. The first-order valence-electron chi connectivity index (χ1n) is 21.5. The van der Waals surface area contributed by atoms with Crippen molar-refractivity contribution in [2.24, 2.45) is 22.9 Å². The number of ether oxygens (including phenoxy) is 4. The molecule has 0 spiro atoms. The van der Waals surface area contributed by atoms with Crippen LogP contribution in [0.1, 0.15) is 83.1 Å². The molecule has 59 heavy (non-hydrogen) atoms. The molecule has 1 saturated carbocycles. The van der Waals surface area contributed by atoms with Crippen LogP contribution in [-0.4, -0.2) is 78.3 Å². The summed E-state index contributed by atoms with van der Waals surface area (Å²) in [4.78, 5) is 21.8. The van der Waals surface area contributed by atoms with Crippen LogP contribution in [0, 0.1) is 17.8 Å². The van der Waals surface area contributed by atoms with E-state index in [1.165, 1.54) is 0 Å². The fraction of sp³-hybridized carbons (Fsp3) is 0.469. The van der Waals surface area contributed by atoms with Crippen molar-refractivity contribution in [3.8, 4) is 28.4 Å². The SMILES string of the molecule is C=CCCOC(=O)N(CCC)C1CC(=NOCC)C2=CC(CCCCO)C(CCCCO)C3c4cc(Oc5ccc(-c6ccccc6)cc5)ccc4OC1(OCC=C)C23. The van der Waals surface area contributed by atoms with E-state index in [4.69, 9.17) is 28.9 Å². The second-order valence-electron chi connectivity index (χ2n) is 15.6. The minimum Gasteiger partial charge on any atom is -0.459 e. The van der Waals surface area contributed by atoms with Gasteiger partial charge in [0.2, 0.25) is 5.79 Å². The van der Waals surface area contributed by atoms with E-state index < -0.39 is 23.8 Å². The summed E-state index contributed by atoms with van der Waals surface area (Å²) >= 11 is 0. The number of aliphatic hydroxyl groups is 2. The number of nitrogens with zero attached hydrogens (tertiary/aromatic N) is 2. The van der Waals surface area contributed by atoms with E-state index in [9.17, 15) is 15.0 Å². The third-order valence-corrected chi connectivity index (χ3v) is 11.8. The maximum atomic E-state index is 14.2. The lowest BCUT2D eigenvalue weighted by Gasteiger charge is -2.59. The lowest BCUT2D eigenvalue weighted by atomic mass is 9.55. The first-order valence-corrected chi connectivity index (χ1v) is 21.5. The molecule has 0 saturated heterocycles. The van der Waals surface area contributed by atoms with Gasteiger partial charge in [-0.15, -0.1) is 13.2 Å². The Balaban J connectivity index is 1.52. The molecular weight excluding hydrogens is 745 g/mol. The number of hydrogen-bond donors (Lipinski definition) is 2. The predicted octanol–water partition coefficient (Wildman–Crippen LogP) is 10.2. The lowest BCUT2D eigenvalue weighted by Crippen LogP contribution is -2.70. The van der Waals surface area contributed by atoms with E-state index in [0.29, 0.717) is 62.5 Å². The molecule has 0 radical (unpaired) electrons. The molecule has 3 aromatic carbocycles. The molecule has 10 nitrogen and oxygen atoms in total. The standard InChI is InChI=1S/C49H62N2O8/c1-5-9-31-55-48(54)51(27-6-2)45-34-43(50-57-8-4)41-32-37(19-13-15-28-52)40(20-14-16-29-53)46-42-33-39(25-26-44(42)59-49(45,47(41)46)56-30-7-3)58-38-23-21-36(22-24-38)35-17-11-10-12-18-35/h5,7,10-12,17-18,21-26,32-33,37,40,45-47,52-53H,1,3,6,8-9,13-16,19-20,27-31,34H2,2,4H3. The van der Waals surface area contributed by atoms with E-state index in [1.807, 2.05) is 56.3 Å². The maximum absolute atomic E-state index is 14.2. The number of rotatable bonds is 22. The van der Waals surface area contributed by atoms with Crippen molar-refractivity contribution in [3.05, 3.63) is 115 Å². The zero-order chi connectivity index (χ0) is 41.6. The van der Waals surface area contributed by atoms with Crippen molar-refractivity contribution in [2.45, 2.75) is 89.4 Å². The van der Waals surface area contributed by atoms with E-state index in [2.05, 4.69) is 49.6 Å². The Morgan fingerprint density at radius 2 is 1.66 bits per heavy atom. The van der Waals surface area contributed by atoms with Crippen molar-refractivity contribution < 1.29 is 38.8 Å². The molecule has 2 aliphatic carbocycles. The van der Waals surface area contributed by atoms with Gasteiger partial charge in [0.1, 0.15) is 29.9 Å². The quantitative estimate of drug-likeness (QED) is 0.0585. The monoisotopic (exact) mass is 806 g/mol. The van der Waals surface area contributed by atoms with Gasteiger partial charge in [0.15, 0.2) is 0 Å². The number of carbonyl (C=O) groups is 1. The minimum absolute atomic E-state index is 0.0926. The first kappa shape index (κ1) is 43.7. The molecule has 2 N–H and O–H groups in total. The van der Waals surface area contributed by atoms with Gasteiger partial charge >= 0.3 is 6.09 Å². The fourth-order valence-corrected chi connectivity index (χ4v) is 9.26. The van der Waals surface area contributed by atoms with Crippen molar-refractivity contribution in [3.63, 3.8) is 0 Å². The van der Waals surface area contributed by atoms with Crippen LogP contribution in [0.5, 0.6) is 17.2 Å². The number of aliphatic hydroxyl groups excluding tert-OH is 2. The predicted molar refractivity (Wildman–Crippen MR) is 232 cm³/mol. The molecule has 0 bridgehead atoms. The summed E-state index contributed by atoms with van der Waals surface area (Å²) in [5.41, 5.74) is 4.97. The van der Waals surface area contributed by atoms with Gasteiger partial charge in [-0.2, -0.15) is 0 Å².